The third kappa shape index (κ3) is 3.05. The predicted octanol–water partition coefficient (Wildman–Crippen LogP) is 1.36. The number of thiazole rings is 1. The van der Waals surface area contributed by atoms with Gasteiger partial charge in [0, 0.05) is 17.6 Å². The van der Waals surface area contributed by atoms with E-state index in [9.17, 15) is 19.2 Å². The molecule has 1 saturated heterocycles. The summed E-state index contributed by atoms with van der Waals surface area (Å²) in [6, 6.07) is 0.320. The van der Waals surface area contributed by atoms with E-state index in [1.165, 1.54) is 28.7 Å². The molecule has 0 N–H and O–H groups in total. The fourth-order valence-electron chi connectivity index (χ4n) is 3.90. The van der Waals surface area contributed by atoms with Gasteiger partial charge >= 0.3 is 5.97 Å². The molecule has 1 saturated carbocycles. The zero-order valence-electron chi connectivity index (χ0n) is 14.8. The molecule has 4 rings (SSSR count). The lowest BCUT2D eigenvalue weighted by Gasteiger charge is -2.21. The minimum absolute atomic E-state index is 0.185. The first-order chi connectivity index (χ1) is 13.0. The van der Waals surface area contributed by atoms with Crippen LogP contribution in [0.2, 0.25) is 0 Å². The van der Waals surface area contributed by atoms with Gasteiger partial charge in [0.15, 0.2) is 4.96 Å². The highest BCUT2D eigenvalue weighted by Gasteiger charge is 2.51. The summed E-state index contributed by atoms with van der Waals surface area (Å²) >= 11 is 1.30. The summed E-state index contributed by atoms with van der Waals surface area (Å²) in [7, 11) is 0. The van der Waals surface area contributed by atoms with Crippen molar-refractivity contribution in [1.29, 1.82) is 0 Å². The second-order valence-corrected chi connectivity index (χ2v) is 7.84. The van der Waals surface area contributed by atoms with Gasteiger partial charge in [0.05, 0.1) is 17.5 Å². The monoisotopic (exact) mass is 389 g/mol. The van der Waals surface area contributed by atoms with Crippen molar-refractivity contribution in [3.05, 3.63) is 33.7 Å². The van der Waals surface area contributed by atoms with Crippen molar-refractivity contribution in [2.24, 2.45) is 11.8 Å². The van der Waals surface area contributed by atoms with E-state index in [0.29, 0.717) is 23.5 Å². The normalized spacial score (nSPS) is 23.5. The highest BCUT2D eigenvalue weighted by atomic mass is 32.1. The van der Waals surface area contributed by atoms with Crippen LogP contribution >= 0.6 is 11.3 Å². The van der Waals surface area contributed by atoms with Gasteiger partial charge in [-0.1, -0.05) is 12.8 Å². The summed E-state index contributed by atoms with van der Waals surface area (Å²) < 4.78 is 6.65. The van der Waals surface area contributed by atoms with E-state index >= 15 is 0 Å². The van der Waals surface area contributed by atoms with E-state index < -0.39 is 12.0 Å². The number of carbonyl (C=O) groups is 3. The number of nitrogens with zero attached hydrogens (tertiary/aromatic N) is 3. The molecule has 2 amide bonds. The van der Waals surface area contributed by atoms with Crippen molar-refractivity contribution in [2.75, 3.05) is 0 Å². The first-order valence-corrected chi connectivity index (χ1v) is 9.84. The van der Waals surface area contributed by atoms with Gasteiger partial charge in [-0.3, -0.25) is 23.7 Å². The first kappa shape index (κ1) is 17.8. The lowest BCUT2D eigenvalue weighted by atomic mass is 9.81. The highest BCUT2D eigenvalue weighted by molar-refractivity contribution is 7.15. The molecule has 2 fully saturated rings. The van der Waals surface area contributed by atoms with E-state index in [-0.39, 0.29) is 35.8 Å². The van der Waals surface area contributed by atoms with Crippen LogP contribution in [0.3, 0.4) is 0 Å². The molecule has 1 aliphatic heterocycles. The largest absolute Gasteiger partial charge is 0.458 e. The molecule has 9 heteroatoms. The van der Waals surface area contributed by atoms with Gasteiger partial charge in [-0.2, -0.15) is 0 Å². The van der Waals surface area contributed by atoms with E-state index in [1.54, 1.807) is 11.6 Å². The Morgan fingerprint density at radius 3 is 2.59 bits per heavy atom. The number of hydrogen-bond donors (Lipinski definition) is 0. The van der Waals surface area contributed by atoms with Gasteiger partial charge in [0.2, 0.25) is 11.8 Å². The van der Waals surface area contributed by atoms with Crippen LogP contribution in [0.5, 0.6) is 0 Å². The Hall–Kier alpha value is -2.55. The van der Waals surface area contributed by atoms with Crippen LogP contribution in [-0.4, -0.2) is 38.1 Å². The lowest BCUT2D eigenvalue weighted by Crippen LogP contribution is -2.44. The minimum Gasteiger partial charge on any atom is -0.458 e. The number of fused-ring (bicyclic) bond motifs is 2. The quantitative estimate of drug-likeness (QED) is 0.578. The highest BCUT2D eigenvalue weighted by Crippen LogP contribution is 2.38. The van der Waals surface area contributed by atoms with Crippen molar-refractivity contribution in [3.8, 4) is 0 Å². The standard InChI is InChI=1S/C18H19N3O5S/c1-10(21-15(23)12-4-2-3-5-13(12)16(21)24)17(25)26-9-11-8-14(22)20-6-7-27-18(20)19-11/h6-8,10,12-13H,2-5,9H2,1H3/t10-,12-,13+/m1/s1. The SMILES string of the molecule is C[C@H](C(=O)OCc1cc(=O)n2ccsc2n1)N1C(=O)[C@H]2CCCC[C@H]2C1=O. The fraction of sp³-hybridized carbons (Fsp3) is 0.500. The second kappa shape index (κ2) is 6.88. The van der Waals surface area contributed by atoms with Gasteiger partial charge in [0.1, 0.15) is 12.6 Å². The van der Waals surface area contributed by atoms with Crippen LogP contribution in [0.25, 0.3) is 4.96 Å². The number of aromatic nitrogens is 2. The lowest BCUT2D eigenvalue weighted by molar-refractivity contribution is -0.159. The molecule has 0 bridgehead atoms. The maximum Gasteiger partial charge on any atom is 0.329 e. The van der Waals surface area contributed by atoms with Gasteiger partial charge < -0.3 is 4.74 Å². The third-order valence-corrected chi connectivity index (χ3v) is 6.08. The van der Waals surface area contributed by atoms with E-state index in [4.69, 9.17) is 4.74 Å². The van der Waals surface area contributed by atoms with Crippen LogP contribution in [-0.2, 0) is 25.7 Å². The zero-order chi connectivity index (χ0) is 19.1. The molecule has 0 unspecified atom stereocenters. The summed E-state index contributed by atoms with van der Waals surface area (Å²) in [6.45, 7) is 1.32. The minimum atomic E-state index is -0.984. The Morgan fingerprint density at radius 2 is 1.93 bits per heavy atom. The molecule has 27 heavy (non-hydrogen) atoms. The van der Waals surface area contributed by atoms with Crippen molar-refractivity contribution in [3.63, 3.8) is 0 Å². The van der Waals surface area contributed by atoms with Crippen LogP contribution < -0.4 is 5.56 Å². The summed E-state index contributed by atoms with van der Waals surface area (Å²) in [5.41, 5.74) is 0.0741. The maximum absolute atomic E-state index is 12.6. The average molecular weight is 389 g/mol. The van der Waals surface area contributed by atoms with Crippen molar-refractivity contribution >= 4 is 34.1 Å². The number of amides is 2. The molecular formula is C18H19N3O5S. The van der Waals surface area contributed by atoms with Gasteiger partial charge in [0.25, 0.3) is 5.56 Å². The molecule has 2 aromatic heterocycles. The number of likely N-dealkylation sites (tertiary alicyclic amines) is 1. The van der Waals surface area contributed by atoms with Crippen LogP contribution in [0, 0.1) is 11.8 Å². The van der Waals surface area contributed by atoms with Gasteiger partial charge in [-0.05, 0) is 19.8 Å². The van der Waals surface area contributed by atoms with Crippen molar-refractivity contribution in [2.45, 2.75) is 45.3 Å². The molecule has 0 radical (unpaired) electrons. The number of esters is 1. The molecule has 8 nitrogen and oxygen atoms in total. The third-order valence-electron chi connectivity index (χ3n) is 5.32. The number of hydrogen-bond acceptors (Lipinski definition) is 7. The first-order valence-electron chi connectivity index (χ1n) is 8.96. The van der Waals surface area contributed by atoms with E-state index in [2.05, 4.69) is 4.98 Å². The predicted molar refractivity (Wildman–Crippen MR) is 95.9 cm³/mol. The molecule has 3 heterocycles. The topological polar surface area (TPSA) is 98.1 Å². The number of carbonyl (C=O) groups excluding carboxylic acids is 3. The molecule has 0 aromatic carbocycles. The number of rotatable bonds is 4. The molecule has 2 aromatic rings. The average Bonchev–Trinajstić information content (AvgIpc) is 3.23. The van der Waals surface area contributed by atoms with E-state index in [0.717, 1.165) is 17.7 Å². The Balaban J connectivity index is 1.45. The Labute approximate surface area is 158 Å². The maximum atomic E-state index is 12.6. The smallest absolute Gasteiger partial charge is 0.329 e. The van der Waals surface area contributed by atoms with Gasteiger partial charge in [-0.25, -0.2) is 9.78 Å². The fourth-order valence-corrected chi connectivity index (χ4v) is 4.64. The van der Waals surface area contributed by atoms with Crippen LogP contribution in [0.1, 0.15) is 38.3 Å². The molecule has 3 atom stereocenters. The Morgan fingerprint density at radius 1 is 1.26 bits per heavy atom. The van der Waals surface area contributed by atoms with E-state index in [1.807, 2.05) is 0 Å². The summed E-state index contributed by atoms with van der Waals surface area (Å²) in [6.07, 6.45) is 4.88. The summed E-state index contributed by atoms with van der Waals surface area (Å²) in [5, 5.41) is 1.74. The molecule has 0 spiro atoms. The van der Waals surface area contributed by atoms with Crippen molar-refractivity contribution < 1.29 is 19.1 Å². The molecular weight excluding hydrogens is 370 g/mol. The number of ether oxygens (including phenoxy) is 1. The summed E-state index contributed by atoms with van der Waals surface area (Å²) in [4.78, 5) is 55.4. The Bertz CT molecular complexity index is 957. The zero-order valence-corrected chi connectivity index (χ0v) is 15.6. The molecule has 142 valence electrons. The Kier molecular flexibility index (Phi) is 4.55. The van der Waals surface area contributed by atoms with Crippen LogP contribution in [0.4, 0.5) is 0 Å². The second-order valence-electron chi connectivity index (χ2n) is 6.97. The van der Waals surface area contributed by atoms with Gasteiger partial charge in [-0.15, -0.1) is 11.3 Å². The number of imide groups is 1. The molecule has 1 aliphatic carbocycles. The molecule has 2 aliphatic rings. The van der Waals surface area contributed by atoms with Crippen molar-refractivity contribution in [1.82, 2.24) is 14.3 Å². The van der Waals surface area contributed by atoms with Crippen LogP contribution in [0.15, 0.2) is 22.4 Å². The summed E-state index contributed by atoms with van der Waals surface area (Å²) in [5.74, 6) is -1.83.